The average Bonchev–Trinajstić information content (AvgIpc) is 3.23. The van der Waals surface area contributed by atoms with Crippen molar-refractivity contribution in [3.63, 3.8) is 0 Å². The van der Waals surface area contributed by atoms with E-state index >= 15 is 0 Å². The second kappa shape index (κ2) is 8.27. The van der Waals surface area contributed by atoms with Gasteiger partial charge in [-0.25, -0.2) is 0 Å². The normalized spacial score (nSPS) is 13.6. The molecule has 0 saturated carbocycles. The Labute approximate surface area is 230 Å². The van der Waals surface area contributed by atoms with Crippen LogP contribution in [0.2, 0.25) is 13.1 Å². The number of hydrogen-bond acceptors (Lipinski definition) is 0. The molecular formula is C38H28Si. The predicted molar refractivity (Wildman–Crippen MR) is 172 cm³/mol. The molecule has 39 heavy (non-hydrogen) atoms. The Hall–Kier alpha value is -4.46. The van der Waals surface area contributed by atoms with Crippen LogP contribution in [0.15, 0.2) is 133 Å². The number of rotatable bonds is 2. The third-order valence-electron chi connectivity index (χ3n) is 8.84. The number of benzene rings is 7. The van der Waals surface area contributed by atoms with Crippen LogP contribution in [0.25, 0.3) is 65.7 Å². The summed E-state index contributed by atoms with van der Waals surface area (Å²) in [5.74, 6) is 0. The Kier molecular flexibility index (Phi) is 4.77. The lowest BCUT2D eigenvalue weighted by Gasteiger charge is -2.20. The van der Waals surface area contributed by atoms with Crippen LogP contribution >= 0.6 is 0 Å². The van der Waals surface area contributed by atoms with Gasteiger partial charge in [0, 0.05) is 0 Å². The third kappa shape index (κ3) is 3.17. The van der Waals surface area contributed by atoms with Gasteiger partial charge in [0.15, 0.2) is 0 Å². The molecule has 1 aliphatic rings. The van der Waals surface area contributed by atoms with Crippen LogP contribution < -0.4 is 10.4 Å². The molecule has 1 aliphatic heterocycles. The lowest BCUT2D eigenvalue weighted by atomic mass is 9.86. The first kappa shape index (κ1) is 22.5. The fourth-order valence-electron chi connectivity index (χ4n) is 7.04. The summed E-state index contributed by atoms with van der Waals surface area (Å²) in [6.45, 7) is 5.00. The molecule has 0 bridgehead atoms. The maximum absolute atomic E-state index is 2.50. The molecule has 0 nitrogen and oxygen atoms in total. The minimum atomic E-state index is -1.76. The van der Waals surface area contributed by atoms with Crippen LogP contribution in [-0.2, 0) is 0 Å². The van der Waals surface area contributed by atoms with E-state index in [-0.39, 0.29) is 0 Å². The van der Waals surface area contributed by atoms with Crippen molar-refractivity contribution in [3.05, 3.63) is 133 Å². The van der Waals surface area contributed by atoms with Gasteiger partial charge in [-0.05, 0) is 88.2 Å². The van der Waals surface area contributed by atoms with Gasteiger partial charge in [-0.1, -0.05) is 134 Å². The summed E-state index contributed by atoms with van der Waals surface area (Å²) in [4.78, 5) is 0. The Morgan fingerprint density at radius 2 is 0.949 bits per heavy atom. The van der Waals surface area contributed by atoms with E-state index in [1.807, 2.05) is 0 Å². The zero-order valence-electron chi connectivity index (χ0n) is 22.2. The summed E-state index contributed by atoms with van der Waals surface area (Å²) in [6, 6.07) is 49.7. The monoisotopic (exact) mass is 512 g/mol. The fourth-order valence-corrected chi connectivity index (χ4v) is 10.1. The van der Waals surface area contributed by atoms with Crippen LogP contribution in [0, 0.1) is 0 Å². The van der Waals surface area contributed by atoms with E-state index in [9.17, 15) is 0 Å². The molecule has 0 aliphatic carbocycles. The predicted octanol–water partition coefficient (Wildman–Crippen LogP) is 9.28. The van der Waals surface area contributed by atoms with E-state index in [2.05, 4.69) is 147 Å². The summed E-state index contributed by atoms with van der Waals surface area (Å²) >= 11 is 0. The Morgan fingerprint density at radius 1 is 0.410 bits per heavy atom. The SMILES string of the molecule is C[Si]1(C)c2ccccc2-c2c(-c3cc4cc(-c5ccccc5)c5ccccc5c4c4ccccc34)cccc21. The van der Waals surface area contributed by atoms with Crippen molar-refractivity contribution in [2.45, 2.75) is 13.1 Å². The molecule has 1 heterocycles. The van der Waals surface area contributed by atoms with E-state index in [4.69, 9.17) is 0 Å². The van der Waals surface area contributed by atoms with Crippen molar-refractivity contribution in [2.75, 3.05) is 0 Å². The summed E-state index contributed by atoms with van der Waals surface area (Å²) in [7, 11) is -1.76. The topological polar surface area (TPSA) is 0 Å². The minimum Gasteiger partial charge on any atom is -0.0623 e. The molecule has 0 radical (unpaired) electrons. The summed E-state index contributed by atoms with van der Waals surface area (Å²) in [6.07, 6.45) is 0. The van der Waals surface area contributed by atoms with Gasteiger partial charge in [0.1, 0.15) is 8.07 Å². The van der Waals surface area contributed by atoms with Gasteiger partial charge >= 0.3 is 0 Å². The molecule has 184 valence electrons. The first-order valence-corrected chi connectivity index (χ1v) is 16.8. The number of hydrogen-bond donors (Lipinski definition) is 0. The van der Waals surface area contributed by atoms with E-state index in [1.54, 1.807) is 10.4 Å². The summed E-state index contributed by atoms with van der Waals surface area (Å²) in [5.41, 5.74) is 8.09. The zero-order chi connectivity index (χ0) is 26.1. The molecule has 0 amide bonds. The lowest BCUT2D eigenvalue weighted by Crippen LogP contribution is -2.49. The van der Waals surface area contributed by atoms with Gasteiger partial charge in [-0.3, -0.25) is 0 Å². The molecule has 0 N–H and O–H groups in total. The second-order valence-corrected chi connectivity index (χ2v) is 15.6. The van der Waals surface area contributed by atoms with Crippen LogP contribution in [0.1, 0.15) is 0 Å². The molecule has 7 aromatic carbocycles. The Bertz CT molecular complexity index is 2080. The van der Waals surface area contributed by atoms with Crippen molar-refractivity contribution < 1.29 is 0 Å². The average molecular weight is 513 g/mol. The lowest BCUT2D eigenvalue weighted by molar-refractivity contribution is 1.66. The number of fused-ring (bicyclic) bond motifs is 8. The van der Waals surface area contributed by atoms with Gasteiger partial charge in [0.05, 0.1) is 0 Å². The van der Waals surface area contributed by atoms with Crippen molar-refractivity contribution in [1.29, 1.82) is 0 Å². The molecule has 1 heteroatoms. The summed E-state index contributed by atoms with van der Waals surface area (Å²) < 4.78 is 0. The molecule has 8 rings (SSSR count). The highest BCUT2D eigenvalue weighted by atomic mass is 28.3. The van der Waals surface area contributed by atoms with Gasteiger partial charge in [-0.15, -0.1) is 0 Å². The van der Waals surface area contributed by atoms with Crippen molar-refractivity contribution in [1.82, 2.24) is 0 Å². The molecule has 0 atom stereocenters. The largest absolute Gasteiger partial charge is 0.113 e. The van der Waals surface area contributed by atoms with Crippen molar-refractivity contribution >= 4 is 50.8 Å². The van der Waals surface area contributed by atoms with E-state index in [0.717, 1.165) is 0 Å². The standard InChI is InChI=1S/C38H28Si/c1-39(2)35-21-11-10-19-32(35)38-31(20-12-22-36(38)39)34-24-26-23-33(25-13-4-3-5-14-25)27-15-6-8-17-29(27)37(26)30-18-9-7-16-28(30)34/h3-24H,1-2H3. The van der Waals surface area contributed by atoms with Gasteiger partial charge in [-0.2, -0.15) is 0 Å². The molecule has 0 fully saturated rings. The van der Waals surface area contributed by atoms with Crippen molar-refractivity contribution in [2.24, 2.45) is 0 Å². The molecule has 0 aromatic heterocycles. The van der Waals surface area contributed by atoms with Gasteiger partial charge in [0.2, 0.25) is 0 Å². The molecular weight excluding hydrogens is 485 g/mol. The second-order valence-electron chi connectivity index (χ2n) is 11.3. The smallest absolute Gasteiger partial charge is 0.0623 e. The first-order valence-electron chi connectivity index (χ1n) is 13.8. The highest BCUT2D eigenvalue weighted by Crippen LogP contribution is 2.44. The fraction of sp³-hybridized carbons (Fsp3) is 0.0526. The maximum Gasteiger partial charge on any atom is 0.113 e. The molecule has 0 unspecified atom stereocenters. The molecule has 0 saturated heterocycles. The highest BCUT2D eigenvalue weighted by molar-refractivity contribution is 7.04. The van der Waals surface area contributed by atoms with Crippen molar-refractivity contribution in [3.8, 4) is 33.4 Å². The van der Waals surface area contributed by atoms with Gasteiger partial charge < -0.3 is 0 Å². The van der Waals surface area contributed by atoms with Crippen LogP contribution in [-0.4, -0.2) is 8.07 Å². The third-order valence-corrected chi connectivity index (χ3v) is 12.4. The minimum absolute atomic E-state index is 1.26. The first-order chi connectivity index (χ1) is 19.1. The van der Waals surface area contributed by atoms with Crippen LogP contribution in [0.5, 0.6) is 0 Å². The van der Waals surface area contributed by atoms with E-state index < -0.39 is 8.07 Å². The van der Waals surface area contributed by atoms with Gasteiger partial charge in [0.25, 0.3) is 0 Å². The summed E-state index contributed by atoms with van der Waals surface area (Å²) in [5, 5.41) is 11.0. The zero-order valence-corrected chi connectivity index (χ0v) is 23.2. The Balaban J connectivity index is 1.52. The van der Waals surface area contributed by atoms with E-state index in [1.165, 1.54) is 65.7 Å². The van der Waals surface area contributed by atoms with E-state index in [0.29, 0.717) is 0 Å². The Morgan fingerprint density at radius 3 is 1.69 bits per heavy atom. The highest BCUT2D eigenvalue weighted by Gasteiger charge is 2.38. The molecule has 7 aromatic rings. The van der Waals surface area contributed by atoms with Crippen LogP contribution in [0.3, 0.4) is 0 Å². The van der Waals surface area contributed by atoms with Crippen LogP contribution in [0.4, 0.5) is 0 Å². The molecule has 0 spiro atoms. The maximum atomic E-state index is 2.50. The quantitative estimate of drug-likeness (QED) is 0.160.